The van der Waals surface area contributed by atoms with E-state index in [1.807, 2.05) is 31.0 Å². The molecule has 1 aliphatic heterocycles. The van der Waals surface area contributed by atoms with Crippen LogP contribution in [0, 0.1) is 5.92 Å². The van der Waals surface area contributed by atoms with Crippen LogP contribution in [0.5, 0.6) is 0 Å². The van der Waals surface area contributed by atoms with Gasteiger partial charge in [0.1, 0.15) is 0 Å². The van der Waals surface area contributed by atoms with Crippen molar-refractivity contribution in [1.82, 2.24) is 10.2 Å². The Bertz CT molecular complexity index is 458. The lowest BCUT2D eigenvalue weighted by Gasteiger charge is -2.33. The molecule has 1 unspecified atom stereocenters. The second kappa shape index (κ2) is 8.20. The van der Waals surface area contributed by atoms with Gasteiger partial charge < -0.3 is 10.2 Å². The third kappa shape index (κ3) is 5.01. The molecule has 0 radical (unpaired) electrons. The van der Waals surface area contributed by atoms with Crippen LogP contribution in [0.3, 0.4) is 0 Å². The van der Waals surface area contributed by atoms with Crippen LogP contribution in [-0.4, -0.2) is 42.7 Å². The zero-order chi connectivity index (χ0) is 15.2. The summed E-state index contributed by atoms with van der Waals surface area (Å²) in [6, 6.07) is 8.14. The molecule has 1 fully saturated rings. The van der Waals surface area contributed by atoms with Crippen LogP contribution in [0.15, 0.2) is 33.6 Å². The summed E-state index contributed by atoms with van der Waals surface area (Å²) >= 11 is 5.07. The number of amides is 1. The molecule has 1 amide bonds. The molecule has 0 aromatic heterocycles. The summed E-state index contributed by atoms with van der Waals surface area (Å²) in [4.78, 5) is 15.7. The number of nitrogens with one attached hydrogen (secondary N) is 1. The molecule has 1 heterocycles. The van der Waals surface area contributed by atoms with Crippen LogP contribution in [0.25, 0.3) is 0 Å². The molecule has 0 spiro atoms. The molecule has 3 nitrogen and oxygen atoms in total. The number of rotatable bonds is 5. The first-order valence-corrected chi connectivity index (χ1v) is 9.13. The summed E-state index contributed by atoms with van der Waals surface area (Å²) in [5.74, 6) is 0.985. The number of likely N-dealkylation sites (tertiary alicyclic amines) is 1. The zero-order valence-electron chi connectivity index (χ0n) is 12.6. The molecular formula is C16H23BrN2OS. The van der Waals surface area contributed by atoms with E-state index in [2.05, 4.69) is 33.4 Å². The van der Waals surface area contributed by atoms with Crippen molar-refractivity contribution >= 4 is 33.6 Å². The van der Waals surface area contributed by atoms with Crippen molar-refractivity contribution in [3.8, 4) is 0 Å². The average molecular weight is 371 g/mol. The first kappa shape index (κ1) is 16.8. The Morgan fingerprint density at radius 3 is 2.57 bits per heavy atom. The number of piperidine rings is 1. The fourth-order valence-electron chi connectivity index (χ4n) is 2.67. The molecule has 1 aromatic rings. The quantitative estimate of drug-likeness (QED) is 0.806. The Hall–Kier alpha value is -0.520. The number of hydrogen-bond donors (Lipinski definition) is 1. The minimum absolute atomic E-state index is 0.0213. The number of halogens is 1. The van der Waals surface area contributed by atoms with E-state index < -0.39 is 0 Å². The highest BCUT2D eigenvalue weighted by atomic mass is 79.9. The summed E-state index contributed by atoms with van der Waals surface area (Å²) in [5, 5.41) is 3.21. The summed E-state index contributed by atoms with van der Waals surface area (Å²) in [7, 11) is 1.99. The summed E-state index contributed by atoms with van der Waals surface area (Å²) < 4.78 is 1.07. The second-order valence-corrected chi connectivity index (χ2v) is 7.87. The van der Waals surface area contributed by atoms with Gasteiger partial charge in [0.15, 0.2) is 0 Å². The van der Waals surface area contributed by atoms with Gasteiger partial charge in [0.25, 0.3) is 0 Å². The standard InChI is InChI=1S/C16H23BrN2OS/c1-12(21-15-5-3-14(17)4-6-15)16(20)19-9-7-13(8-10-19)11-18-2/h3-6,12-13,18H,7-11H2,1-2H3. The van der Waals surface area contributed by atoms with Crippen molar-refractivity contribution in [3.63, 3.8) is 0 Å². The maximum absolute atomic E-state index is 12.5. The third-order valence-corrected chi connectivity index (χ3v) is 5.52. The Labute approximate surface area is 140 Å². The van der Waals surface area contributed by atoms with Crippen LogP contribution >= 0.6 is 27.7 Å². The van der Waals surface area contributed by atoms with E-state index in [-0.39, 0.29) is 11.2 Å². The highest BCUT2D eigenvalue weighted by molar-refractivity contribution is 9.10. The minimum atomic E-state index is -0.0213. The van der Waals surface area contributed by atoms with Gasteiger partial charge in [-0.2, -0.15) is 0 Å². The van der Waals surface area contributed by atoms with Gasteiger partial charge in [0.05, 0.1) is 5.25 Å². The van der Waals surface area contributed by atoms with Gasteiger partial charge in [-0.25, -0.2) is 0 Å². The van der Waals surface area contributed by atoms with Crippen molar-refractivity contribution < 1.29 is 4.79 Å². The van der Waals surface area contributed by atoms with E-state index in [4.69, 9.17) is 0 Å². The number of carbonyl (C=O) groups excluding carboxylic acids is 1. The molecule has 116 valence electrons. The Kier molecular flexibility index (Phi) is 6.58. The molecule has 0 bridgehead atoms. The summed E-state index contributed by atoms with van der Waals surface area (Å²) in [6.07, 6.45) is 2.23. The second-order valence-electron chi connectivity index (χ2n) is 5.54. The van der Waals surface area contributed by atoms with Gasteiger partial charge in [-0.3, -0.25) is 4.79 Å². The van der Waals surface area contributed by atoms with Gasteiger partial charge in [0.2, 0.25) is 5.91 Å². The lowest BCUT2D eigenvalue weighted by atomic mass is 9.97. The van der Waals surface area contributed by atoms with E-state index in [0.29, 0.717) is 5.92 Å². The molecular weight excluding hydrogens is 348 g/mol. The molecule has 0 aliphatic carbocycles. The number of nitrogens with zero attached hydrogens (tertiary/aromatic N) is 1. The molecule has 2 rings (SSSR count). The SMILES string of the molecule is CNCC1CCN(C(=O)C(C)Sc2ccc(Br)cc2)CC1. The lowest BCUT2D eigenvalue weighted by Crippen LogP contribution is -2.43. The van der Waals surface area contributed by atoms with Gasteiger partial charge >= 0.3 is 0 Å². The van der Waals surface area contributed by atoms with E-state index in [1.165, 1.54) is 0 Å². The maximum Gasteiger partial charge on any atom is 0.235 e. The lowest BCUT2D eigenvalue weighted by molar-refractivity contribution is -0.131. The van der Waals surface area contributed by atoms with E-state index in [0.717, 1.165) is 41.8 Å². The van der Waals surface area contributed by atoms with Crippen molar-refractivity contribution in [2.75, 3.05) is 26.7 Å². The van der Waals surface area contributed by atoms with Gasteiger partial charge in [-0.05, 0) is 63.5 Å². The van der Waals surface area contributed by atoms with Crippen LogP contribution in [0.4, 0.5) is 0 Å². The van der Waals surface area contributed by atoms with E-state index in [1.54, 1.807) is 11.8 Å². The van der Waals surface area contributed by atoms with Crippen LogP contribution in [-0.2, 0) is 4.79 Å². The Morgan fingerprint density at radius 1 is 1.38 bits per heavy atom. The molecule has 1 aliphatic rings. The zero-order valence-corrected chi connectivity index (χ0v) is 15.0. The minimum Gasteiger partial charge on any atom is -0.342 e. The maximum atomic E-state index is 12.5. The first-order valence-electron chi connectivity index (χ1n) is 7.45. The Morgan fingerprint density at radius 2 is 2.00 bits per heavy atom. The van der Waals surface area contributed by atoms with E-state index >= 15 is 0 Å². The summed E-state index contributed by atoms with van der Waals surface area (Å²) in [5.41, 5.74) is 0. The Balaban J connectivity index is 1.84. The average Bonchev–Trinajstić information content (AvgIpc) is 2.50. The molecule has 1 saturated heterocycles. The molecule has 1 N–H and O–H groups in total. The van der Waals surface area contributed by atoms with Crippen molar-refractivity contribution in [2.45, 2.75) is 29.9 Å². The third-order valence-electron chi connectivity index (χ3n) is 3.89. The number of carbonyl (C=O) groups is 1. The van der Waals surface area contributed by atoms with E-state index in [9.17, 15) is 4.79 Å². The predicted molar refractivity (Wildman–Crippen MR) is 92.7 cm³/mol. The predicted octanol–water partition coefficient (Wildman–Crippen LogP) is 3.39. The molecule has 1 aromatic carbocycles. The fourth-order valence-corrected chi connectivity index (χ4v) is 3.89. The molecule has 1 atom stereocenters. The number of benzene rings is 1. The van der Waals surface area contributed by atoms with Crippen molar-refractivity contribution in [1.29, 1.82) is 0 Å². The molecule has 5 heteroatoms. The van der Waals surface area contributed by atoms with Crippen LogP contribution in [0.1, 0.15) is 19.8 Å². The van der Waals surface area contributed by atoms with Gasteiger partial charge in [-0.15, -0.1) is 11.8 Å². The van der Waals surface area contributed by atoms with Gasteiger partial charge in [-0.1, -0.05) is 15.9 Å². The smallest absolute Gasteiger partial charge is 0.235 e. The van der Waals surface area contributed by atoms with Crippen molar-refractivity contribution in [2.24, 2.45) is 5.92 Å². The van der Waals surface area contributed by atoms with Crippen LogP contribution in [0.2, 0.25) is 0 Å². The fraction of sp³-hybridized carbons (Fsp3) is 0.562. The molecule has 0 saturated carbocycles. The summed E-state index contributed by atoms with van der Waals surface area (Å²) in [6.45, 7) is 4.87. The van der Waals surface area contributed by atoms with Crippen molar-refractivity contribution in [3.05, 3.63) is 28.7 Å². The largest absolute Gasteiger partial charge is 0.342 e. The van der Waals surface area contributed by atoms with Crippen LogP contribution < -0.4 is 5.32 Å². The highest BCUT2D eigenvalue weighted by Gasteiger charge is 2.26. The van der Waals surface area contributed by atoms with Gasteiger partial charge in [0, 0.05) is 22.5 Å². The first-order chi connectivity index (χ1) is 10.1. The molecule has 21 heavy (non-hydrogen) atoms. The number of thioether (sulfide) groups is 1. The normalized spacial score (nSPS) is 17.8. The highest BCUT2D eigenvalue weighted by Crippen LogP contribution is 2.27. The number of hydrogen-bond acceptors (Lipinski definition) is 3. The monoisotopic (exact) mass is 370 g/mol. The topological polar surface area (TPSA) is 32.3 Å².